The molecular weight excluding hydrogens is 246 g/mol. The molecule has 2 heterocycles. The summed E-state index contributed by atoms with van der Waals surface area (Å²) in [6, 6.07) is 0. The number of aryl methyl sites for hydroxylation is 1. The molecule has 0 saturated carbocycles. The van der Waals surface area contributed by atoms with Gasteiger partial charge >= 0.3 is 0 Å². The van der Waals surface area contributed by atoms with Crippen LogP contribution in [0.15, 0.2) is 5.03 Å². The van der Waals surface area contributed by atoms with E-state index in [4.69, 9.17) is 10.5 Å². The van der Waals surface area contributed by atoms with E-state index >= 15 is 0 Å². The van der Waals surface area contributed by atoms with E-state index in [0.29, 0.717) is 11.1 Å². The highest BCUT2D eigenvalue weighted by Gasteiger charge is 2.18. The molecule has 1 aliphatic rings. The van der Waals surface area contributed by atoms with Crippen LogP contribution in [0.4, 0.5) is 5.82 Å². The molecule has 0 unspecified atom stereocenters. The van der Waals surface area contributed by atoms with Gasteiger partial charge in [0.2, 0.25) is 0 Å². The number of anilines is 1. The van der Waals surface area contributed by atoms with Crippen LogP contribution in [-0.4, -0.2) is 28.4 Å². The number of nitrogens with zero attached hydrogens (tertiary/aromatic N) is 2. The zero-order chi connectivity index (χ0) is 13.0. The third-order valence-electron chi connectivity index (χ3n) is 3.11. The summed E-state index contributed by atoms with van der Waals surface area (Å²) >= 11 is 1.83. The molecule has 2 N–H and O–H groups in total. The van der Waals surface area contributed by atoms with Crippen molar-refractivity contribution in [2.75, 3.05) is 18.9 Å². The fourth-order valence-electron chi connectivity index (χ4n) is 1.96. The number of ether oxygens (including phenoxy) is 1. The van der Waals surface area contributed by atoms with Crippen LogP contribution in [-0.2, 0) is 11.2 Å². The van der Waals surface area contributed by atoms with E-state index in [1.54, 1.807) is 0 Å². The predicted octanol–water partition coefficient (Wildman–Crippen LogP) is 2.59. The molecule has 1 aromatic rings. The first kappa shape index (κ1) is 13.6. The molecule has 1 saturated heterocycles. The molecule has 18 heavy (non-hydrogen) atoms. The van der Waals surface area contributed by atoms with E-state index in [2.05, 4.69) is 16.9 Å². The van der Waals surface area contributed by atoms with Gasteiger partial charge in [-0.2, -0.15) is 0 Å². The highest BCUT2D eigenvalue weighted by molar-refractivity contribution is 7.99. The lowest BCUT2D eigenvalue weighted by Gasteiger charge is -2.22. The third kappa shape index (κ3) is 3.36. The lowest BCUT2D eigenvalue weighted by atomic mass is 10.2. The Balaban J connectivity index is 2.14. The normalized spacial score (nSPS) is 17.0. The smallest absolute Gasteiger partial charge is 0.132 e. The third-order valence-corrected chi connectivity index (χ3v) is 4.53. The summed E-state index contributed by atoms with van der Waals surface area (Å²) < 4.78 is 5.38. The molecule has 100 valence electrons. The summed E-state index contributed by atoms with van der Waals surface area (Å²) in [5, 5.41) is 1.65. The van der Waals surface area contributed by atoms with Gasteiger partial charge in [-0.15, -0.1) is 11.8 Å². The van der Waals surface area contributed by atoms with E-state index < -0.39 is 0 Å². The second kappa shape index (κ2) is 6.38. The molecule has 0 aromatic carbocycles. The van der Waals surface area contributed by atoms with Crippen LogP contribution in [0.3, 0.4) is 0 Å². The van der Waals surface area contributed by atoms with Crippen molar-refractivity contribution < 1.29 is 4.74 Å². The molecule has 2 rings (SSSR count). The van der Waals surface area contributed by atoms with Crippen molar-refractivity contribution in [1.82, 2.24) is 9.97 Å². The maximum atomic E-state index is 5.97. The van der Waals surface area contributed by atoms with Crippen LogP contribution < -0.4 is 5.73 Å². The predicted molar refractivity (Wildman–Crippen MR) is 74.9 cm³/mol. The van der Waals surface area contributed by atoms with Crippen LogP contribution in [0, 0.1) is 6.92 Å². The minimum Gasteiger partial charge on any atom is -0.383 e. The molecule has 1 fully saturated rings. The van der Waals surface area contributed by atoms with E-state index in [1.165, 1.54) is 0 Å². The number of hydrogen-bond acceptors (Lipinski definition) is 5. The molecule has 0 bridgehead atoms. The summed E-state index contributed by atoms with van der Waals surface area (Å²) in [7, 11) is 0. The number of thioether (sulfide) groups is 1. The van der Waals surface area contributed by atoms with Crippen molar-refractivity contribution in [2.45, 2.75) is 49.8 Å². The fraction of sp³-hybridized carbons (Fsp3) is 0.692. The second-order valence-corrected chi connectivity index (χ2v) is 5.92. The zero-order valence-electron chi connectivity index (χ0n) is 11.1. The lowest BCUT2D eigenvalue weighted by Crippen LogP contribution is -2.18. The molecule has 0 atom stereocenters. The molecule has 4 nitrogen and oxygen atoms in total. The fourth-order valence-corrected chi connectivity index (χ4v) is 3.14. The van der Waals surface area contributed by atoms with Crippen molar-refractivity contribution in [1.29, 1.82) is 0 Å². The summed E-state index contributed by atoms with van der Waals surface area (Å²) in [6.07, 6.45) is 4.13. The second-order valence-electron chi connectivity index (χ2n) is 4.63. The SMILES string of the molecule is CCCc1nc(N)c(C)c(SC2CCOCC2)n1. The lowest BCUT2D eigenvalue weighted by molar-refractivity contribution is 0.1000. The number of nitrogen functional groups attached to an aromatic ring is 1. The van der Waals surface area contributed by atoms with Gasteiger partial charge in [-0.05, 0) is 26.2 Å². The van der Waals surface area contributed by atoms with Gasteiger partial charge in [-0.3, -0.25) is 0 Å². The van der Waals surface area contributed by atoms with Gasteiger partial charge < -0.3 is 10.5 Å². The minimum atomic E-state index is 0.598. The first-order valence-corrected chi connectivity index (χ1v) is 7.46. The first-order chi connectivity index (χ1) is 8.70. The Labute approximate surface area is 113 Å². The minimum absolute atomic E-state index is 0.598. The van der Waals surface area contributed by atoms with Crippen molar-refractivity contribution >= 4 is 17.6 Å². The molecule has 1 aliphatic heterocycles. The van der Waals surface area contributed by atoms with Crippen molar-refractivity contribution in [3.05, 3.63) is 11.4 Å². The number of hydrogen-bond donors (Lipinski definition) is 1. The Hall–Kier alpha value is -0.810. The van der Waals surface area contributed by atoms with Gasteiger partial charge in [0.05, 0.1) is 0 Å². The molecule has 0 spiro atoms. The summed E-state index contributed by atoms with van der Waals surface area (Å²) in [5.41, 5.74) is 6.99. The summed E-state index contributed by atoms with van der Waals surface area (Å²) in [4.78, 5) is 8.99. The molecular formula is C13H21N3OS. The number of aromatic nitrogens is 2. The average molecular weight is 267 g/mol. The topological polar surface area (TPSA) is 61.0 Å². The molecule has 0 radical (unpaired) electrons. The maximum Gasteiger partial charge on any atom is 0.132 e. The zero-order valence-corrected chi connectivity index (χ0v) is 11.9. The van der Waals surface area contributed by atoms with Crippen LogP contribution in [0.5, 0.6) is 0 Å². The number of rotatable bonds is 4. The van der Waals surface area contributed by atoms with Crippen molar-refractivity contribution in [3.8, 4) is 0 Å². The largest absolute Gasteiger partial charge is 0.383 e. The monoisotopic (exact) mass is 267 g/mol. The van der Waals surface area contributed by atoms with E-state index in [1.807, 2.05) is 18.7 Å². The molecule has 5 heteroatoms. The van der Waals surface area contributed by atoms with Gasteiger partial charge in [0.1, 0.15) is 16.7 Å². The van der Waals surface area contributed by atoms with E-state index in [-0.39, 0.29) is 0 Å². The van der Waals surface area contributed by atoms with Crippen LogP contribution in [0.2, 0.25) is 0 Å². The average Bonchev–Trinajstić information content (AvgIpc) is 2.37. The Morgan fingerprint density at radius 2 is 2.06 bits per heavy atom. The van der Waals surface area contributed by atoms with Gasteiger partial charge in [0.25, 0.3) is 0 Å². The highest BCUT2D eigenvalue weighted by atomic mass is 32.2. The highest BCUT2D eigenvalue weighted by Crippen LogP contribution is 2.32. The maximum absolute atomic E-state index is 5.97. The van der Waals surface area contributed by atoms with E-state index in [0.717, 1.165) is 55.3 Å². The Morgan fingerprint density at radius 3 is 2.72 bits per heavy atom. The Kier molecular flexibility index (Phi) is 4.83. The Morgan fingerprint density at radius 1 is 1.33 bits per heavy atom. The van der Waals surface area contributed by atoms with Crippen LogP contribution >= 0.6 is 11.8 Å². The summed E-state index contributed by atoms with van der Waals surface area (Å²) in [5.74, 6) is 1.50. The van der Waals surface area contributed by atoms with Crippen LogP contribution in [0.25, 0.3) is 0 Å². The first-order valence-electron chi connectivity index (χ1n) is 6.58. The van der Waals surface area contributed by atoms with Gasteiger partial charge in [-0.25, -0.2) is 9.97 Å². The van der Waals surface area contributed by atoms with Gasteiger partial charge in [-0.1, -0.05) is 6.92 Å². The van der Waals surface area contributed by atoms with Crippen molar-refractivity contribution in [3.63, 3.8) is 0 Å². The molecule has 0 aliphatic carbocycles. The Bertz CT molecular complexity index is 405. The van der Waals surface area contributed by atoms with Gasteiger partial charge in [0, 0.05) is 30.4 Å². The quantitative estimate of drug-likeness (QED) is 0.850. The van der Waals surface area contributed by atoms with Crippen molar-refractivity contribution in [2.24, 2.45) is 0 Å². The summed E-state index contributed by atoms with van der Waals surface area (Å²) in [6.45, 7) is 5.86. The standard InChI is InChI=1S/C13H21N3OS/c1-3-4-11-15-12(14)9(2)13(16-11)18-10-5-7-17-8-6-10/h10H,3-8H2,1-2H3,(H2,14,15,16). The molecule has 1 aromatic heterocycles. The van der Waals surface area contributed by atoms with E-state index in [9.17, 15) is 0 Å². The van der Waals surface area contributed by atoms with Crippen LogP contribution in [0.1, 0.15) is 37.6 Å². The molecule has 0 amide bonds. The number of nitrogens with two attached hydrogens (primary N) is 1. The van der Waals surface area contributed by atoms with Gasteiger partial charge in [0.15, 0.2) is 0 Å².